The van der Waals surface area contributed by atoms with E-state index in [0.29, 0.717) is 35.2 Å². The molecule has 0 N–H and O–H groups in total. The maximum absolute atomic E-state index is 12.6. The summed E-state index contributed by atoms with van der Waals surface area (Å²) < 4.78 is 75.7. The largest absolute Gasteiger partial charge is 0.417 e. The van der Waals surface area contributed by atoms with Gasteiger partial charge in [-0.05, 0) is 12.1 Å². The van der Waals surface area contributed by atoms with Crippen LogP contribution in [0.25, 0.3) is 5.82 Å². The van der Waals surface area contributed by atoms with Gasteiger partial charge in [-0.15, -0.1) is 0 Å². The topological polar surface area (TPSA) is 34.9 Å². The van der Waals surface area contributed by atoms with Crippen molar-refractivity contribution in [2.24, 2.45) is 0 Å². The molecule has 118 valence electrons. The minimum Gasteiger partial charge on any atom is -0.269 e. The zero-order valence-electron chi connectivity index (χ0n) is 10.3. The van der Waals surface area contributed by atoms with Gasteiger partial charge in [-0.1, -0.05) is 11.6 Å². The van der Waals surface area contributed by atoms with Crippen LogP contribution < -0.4 is 5.56 Å². The van der Waals surface area contributed by atoms with Crippen molar-refractivity contribution in [3.8, 4) is 5.82 Å². The highest BCUT2D eigenvalue weighted by atomic mass is 35.5. The lowest BCUT2D eigenvalue weighted by Crippen LogP contribution is -2.21. The first-order valence-corrected chi connectivity index (χ1v) is 5.91. The number of alkyl halides is 6. The number of nitrogens with zero attached hydrogens (tertiary/aromatic N) is 2. The average molecular weight is 343 g/mol. The van der Waals surface area contributed by atoms with Crippen molar-refractivity contribution in [2.75, 3.05) is 0 Å². The molecule has 0 aliphatic heterocycles. The quantitative estimate of drug-likeness (QED) is 0.736. The van der Waals surface area contributed by atoms with Crippen LogP contribution in [-0.2, 0) is 12.4 Å². The fourth-order valence-electron chi connectivity index (χ4n) is 1.58. The first-order valence-electron chi connectivity index (χ1n) is 5.53. The van der Waals surface area contributed by atoms with Crippen LogP contribution in [0.15, 0.2) is 35.4 Å². The predicted octanol–water partition coefficient (Wildman–Crippen LogP) is 3.92. The molecule has 10 heteroatoms. The van der Waals surface area contributed by atoms with Crippen molar-refractivity contribution >= 4 is 11.6 Å². The number of hydrogen-bond acceptors (Lipinski definition) is 2. The molecular weight excluding hydrogens is 338 g/mol. The first kappa shape index (κ1) is 16.3. The highest BCUT2D eigenvalue weighted by Crippen LogP contribution is 2.32. The molecule has 3 nitrogen and oxygen atoms in total. The van der Waals surface area contributed by atoms with E-state index >= 15 is 0 Å². The fourth-order valence-corrected chi connectivity index (χ4v) is 1.84. The summed E-state index contributed by atoms with van der Waals surface area (Å²) in [4.78, 5) is 15.0. The zero-order valence-corrected chi connectivity index (χ0v) is 11.1. The van der Waals surface area contributed by atoms with Gasteiger partial charge in [0.2, 0.25) is 0 Å². The van der Waals surface area contributed by atoms with Crippen LogP contribution in [0.3, 0.4) is 0 Å². The Morgan fingerprint density at radius 2 is 1.59 bits per heavy atom. The Hall–Kier alpha value is -2.03. The summed E-state index contributed by atoms with van der Waals surface area (Å²) in [6.45, 7) is 0. The average Bonchev–Trinajstić information content (AvgIpc) is 2.37. The molecule has 0 aliphatic rings. The van der Waals surface area contributed by atoms with Gasteiger partial charge in [-0.3, -0.25) is 9.36 Å². The number of hydrogen-bond donors (Lipinski definition) is 0. The molecule has 0 atom stereocenters. The second-order valence-electron chi connectivity index (χ2n) is 4.15. The van der Waals surface area contributed by atoms with Crippen LogP contribution in [0.4, 0.5) is 26.3 Å². The molecule has 0 saturated carbocycles. The first-order chi connectivity index (χ1) is 10.00. The third-order valence-electron chi connectivity index (χ3n) is 2.62. The lowest BCUT2D eigenvalue weighted by atomic mass is 10.2. The van der Waals surface area contributed by atoms with Gasteiger partial charge >= 0.3 is 12.4 Å². The van der Waals surface area contributed by atoms with Crippen molar-refractivity contribution in [1.82, 2.24) is 9.55 Å². The maximum Gasteiger partial charge on any atom is 0.417 e. The van der Waals surface area contributed by atoms with E-state index < -0.39 is 39.9 Å². The maximum atomic E-state index is 12.6. The molecule has 0 fully saturated rings. The van der Waals surface area contributed by atoms with Gasteiger partial charge in [-0.2, -0.15) is 26.3 Å². The van der Waals surface area contributed by atoms with Crippen molar-refractivity contribution in [3.05, 3.63) is 57.1 Å². The van der Waals surface area contributed by atoms with Crippen molar-refractivity contribution in [1.29, 1.82) is 0 Å². The molecule has 2 heterocycles. The molecular formula is C12H5ClF6N2O. The second kappa shape index (κ2) is 5.31. The van der Waals surface area contributed by atoms with Gasteiger partial charge in [0.05, 0.1) is 16.1 Å². The Labute approximate surface area is 123 Å². The van der Waals surface area contributed by atoms with Gasteiger partial charge in [0, 0.05) is 18.5 Å². The van der Waals surface area contributed by atoms with E-state index in [1.807, 2.05) is 0 Å². The van der Waals surface area contributed by atoms with Crippen LogP contribution >= 0.6 is 11.6 Å². The number of rotatable bonds is 1. The third-order valence-corrected chi connectivity index (χ3v) is 2.89. The molecule has 0 aromatic carbocycles. The predicted molar refractivity (Wildman–Crippen MR) is 64.8 cm³/mol. The Kier molecular flexibility index (Phi) is 3.94. The van der Waals surface area contributed by atoms with Crippen LogP contribution in [0, 0.1) is 0 Å². The summed E-state index contributed by atoms with van der Waals surface area (Å²) >= 11 is 5.61. The van der Waals surface area contributed by atoms with E-state index in [1.54, 1.807) is 0 Å². The van der Waals surface area contributed by atoms with E-state index in [0.717, 1.165) is 0 Å². The summed E-state index contributed by atoms with van der Waals surface area (Å²) in [6.07, 6.45) is -8.64. The monoisotopic (exact) mass is 342 g/mol. The van der Waals surface area contributed by atoms with E-state index in [9.17, 15) is 31.1 Å². The molecule has 0 spiro atoms. The smallest absolute Gasteiger partial charge is 0.269 e. The van der Waals surface area contributed by atoms with E-state index in [-0.39, 0.29) is 0 Å². The second-order valence-corrected chi connectivity index (χ2v) is 4.56. The Morgan fingerprint density at radius 1 is 1.00 bits per heavy atom. The minimum atomic E-state index is -4.73. The zero-order chi connectivity index (χ0) is 16.7. The molecule has 0 bridgehead atoms. The fraction of sp³-hybridized carbons (Fsp3) is 0.167. The molecule has 2 aromatic heterocycles. The van der Waals surface area contributed by atoms with Gasteiger partial charge in [0.25, 0.3) is 5.56 Å². The summed E-state index contributed by atoms with van der Waals surface area (Å²) in [5.74, 6) is -0.522. The molecule has 2 aromatic rings. The van der Waals surface area contributed by atoms with Crippen molar-refractivity contribution < 1.29 is 26.3 Å². The summed E-state index contributed by atoms with van der Waals surface area (Å²) in [6, 6.07) is 1.66. The third kappa shape index (κ3) is 3.24. The Bertz CT molecular complexity index is 765. The molecule has 0 aliphatic carbocycles. The van der Waals surface area contributed by atoms with Gasteiger partial charge in [0.1, 0.15) is 0 Å². The van der Waals surface area contributed by atoms with Crippen LogP contribution in [-0.4, -0.2) is 9.55 Å². The van der Waals surface area contributed by atoms with Gasteiger partial charge in [-0.25, -0.2) is 4.98 Å². The molecule has 0 radical (unpaired) electrons. The van der Waals surface area contributed by atoms with Gasteiger partial charge in [0.15, 0.2) is 5.82 Å². The highest BCUT2D eigenvalue weighted by molar-refractivity contribution is 6.32. The Balaban J connectivity index is 2.60. The lowest BCUT2D eigenvalue weighted by molar-refractivity contribution is -0.138. The van der Waals surface area contributed by atoms with E-state index in [4.69, 9.17) is 11.6 Å². The van der Waals surface area contributed by atoms with Crippen LogP contribution in [0.1, 0.15) is 11.1 Å². The van der Waals surface area contributed by atoms with E-state index in [1.165, 1.54) is 0 Å². The normalized spacial score (nSPS) is 12.5. The highest BCUT2D eigenvalue weighted by Gasteiger charge is 2.33. The van der Waals surface area contributed by atoms with Crippen LogP contribution in [0.5, 0.6) is 0 Å². The summed E-state index contributed by atoms with van der Waals surface area (Å²) in [7, 11) is 0. The molecule has 0 amide bonds. The Morgan fingerprint density at radius 3 is 2.09 bits per heavy atom. The molecule has 22 heavy (non-hydrogen) atoms. The minimum absolute atomic E-state index is 0.383. The van der Waals surface area contributed by atoms with Crippen LogP contribution in [0.2, 0.25) is 5.02 Å². The molecule has 0 unspecified atom stereocenters. The number of pyridine rings is 2. The standard InChI is InChI=1S/C12H5ClF6N2O/c13-8-3-7(12(17,18)19)4-20-10(8)21-5-6(11(14,15)16)1-2-9(21)22/h1-5H. The van der Waals surface area contributed by atoms with E-state index in [2.05, 4.69) is 4.98 Å². The van der Waals surface area contributed by atoms with Crippen molar-refractivity contribution in [3.63, 3.8) is 0 Å². The van der Waals surface area contributed by atoms with Gasteiger partial charge < -0.3 is 0 Å². The summed E-state index contributed by atoms with van der Waals surface area (Å²) in [5.41, 5.74) is -3.26. The molecule has 0 saturated heterocycles. The number of halogens is 7. The number of aromatic nitrogens is 2. The SMILES string of the molecule is O=c1ccc(C(F)(F)F)cn1-c1ncc(C(F)(F)F)cc1Cl. The summed E-state index contributed by atoms with van der Waals surface area (Å²) in [5, 5.41) is -0.601. The lowest BCUT2D eigenvalue weighted by Gasteiger charge is -2.12. The van der Waals surface area contributed by atoms with Crippen molar-refractivity contribution in [2.45, 2.75) is 12.4 Å². The molecule has 2 rings (SSSR count).